The largest absolute Gasteiger partial charge is 0.506 e. The van der Waals surface area contributed by atoms with E-state index in [-0.39, 0.29) is 17.2 Å². The number of benzene rings is 2. The number of methoxy groups -OCH3 is 2. The zero-order valence-corrected chi connectivity index (χ0v) is 17.6. The maximum atomic E-state index is 12.7. The van der Waals surface area contributed by atoms with Crippen molar-refractivity contribution >= 4 is 27.6 Å². The van der Waals surface area contributed by atoms with E-state index in [9.17, 15) is 14.7 Å². The maximum Gasteiger partial charge on any atom is 0.410 e. The highest BCUT2D eigenvalue weighted by Crippen LogP contribution is 2.28. The van der Waals surface area contributed by atoms with Crippen LogP contribution in [-0.4, -0.2) is 54.7 Å². The summed E-state index contributed by atoms with van der Waals surface area (Å²) in [4.78, 5) is 28.5. The van der Waals surface area contributed by atoms with Crippen LogP contribution in [0, 0.1) is 0 Å². The summed E-state index contributed by atoms with van der Waals surface area (Å²) >= 11 is 1.04. The lowest BCUT2D eigenvalue weighted by atomic mass is 10.1. The van der Waals surface area contributed by atoms with Gasteiger partial charge in [-0.3, -0.25) is 4.79 Å². The van der Waals surface area contributed by atoms with Gasteiger partial charge in [0.15, 0.2) is 6.29 Å². The molecule has 0 aliphatic rings. The van der Waals surface area contributed by atoms with Gasteiger partial charge in [-0.1, -0.05) is 47.7 Å². The van der Waals surface area contributed by atoms with Crippen LogP contribution >= 0.6 is 11.3 Å². The fraction of sp³-hybridized carbons (Fsp3) is 0.333. The van der Waals surface area contributed by atoms with Crippen molar-refractivity contribution in [1.29, 1.82) is 0 Å². The van der Waals surface area contributed by atoms with E-state index in [1.807, 2.05) is 30.3 Å². The molecule has 0 saturated heterocycles. The molecular formula is C21H24N2O6S. The van der Waals surface area contributed by atoms with Gasteiger partial charge in [0.2, 0.25) is 0 Å². The molecule has 160 valence electrons. The fourth-order valence-corrected chi connectivity index (χ4v) is 3.92. The number of phenols is 1. The Morgan fingerprint density at radius 2 is 1.90 bits per heavy atom. The minimum Gasteiger partial charge on any atom is -0.506 e. The SMILES string of the molecule is COC(COC(=O)N(CCc1ccc(O)c2[nH]c(=O)sc12)Cc1ccccc1)OC. The topological polar surface area (TPSA) is 101 Å². The highest BCUT2D eigenvalue weighted by molar-refractivity contribution is 7.16. The first-order valence-corrected chi connectivity index (χ1v) is 10.2. The lowest BCUT2D eigenvalue weighted by molar-refractivity contribution is -0.130. The molecule has 0 radical (unpaired) electrons. The molecule has 0 fully saturated rings. The summed E-state index contributed by atoms with van der Waals surface area (Å²) in [5.74, 6) is 0.0258. The number of aromatic hydroxyl groups is 1. The lowest BCUT2D eigenvalue weighted by Crippen LogP contribution is -2.35. The number of fused-ring (bicyclic) bond motifs is 1. The third-order valence-electron chi connectivity index (χ3n) is 4.63. The molecule has 2 N–H and O–H groups in total. The molecule has 0 aliphatic heterocycles. The monoisotopic (exact) mass is 432 g/mol. The molecule has 0 aliphatic carbocycles. The number of carbonyl (C=O) groups excluding carboxylic acids is 1. The second-order valence-electron chi connectivity index (χ2n) is 6.60. The molecule has 2 aromatic carbocycles. The van der Waals surface area contributed by atoms with E-state index in [1.54, 1.807) is 17.0 Å². The number of H-pyrrole nitrogens is 1. The first kappa shape index (κ1) is 21.8. The van der Waals surface area contributed by atoms with Crippen LogP contribution in [0.2, 0.25) is 0 Å². The van der Waals surface area contributed by atoms with E-state index in [2.05, 4.69) is 4.98 Å². The van der Waals surface area contributed by atoms with E-state index in [0.29, 0.717) is 29.7 Å². The van der Waals surface area contributed by atoms with Gasteiger partial charge in [0.05, 0.1) is 4.70 Å². The number of hydrogen-bond donors (Lipinski definition) is 2. The van der Waals surface area contributed by atoms with Gasteiger partial charge in [0.1, 0.15) is 17.9 Å². The summed E-state index contributed by atoms with van der Waals surface area (Å²) in [5, 5.41) is 9.97. The lowest BCUT2D eigenvalue weighted by Gasteiger charge is -2.23. The number of hydrogen-bond acceptors (Lipinski definition) is 7. The van der Waals surface area contributed by atoms with Gasteiger partial charge in [-0.05, 0) is 23.6 Å². The van der Waals surface area contributed by atoms with E-state index in [0.717, 1.165) is 22.5 Å². The molecule has 9 heteroatoms. The van der Waals surface area contributed by atoms with Crippen LogP contribution in [0.25, 0.3) is 10.2 Å². The summed E-state index contributed by atoms with van der Waals surface area (Å²) in [6, 6.07) is 12.9. The number of carbonyl (C=O) groups is 1. The first-order valence-electron chi connectivity index (χ1n) is 9.36. The molecule has 0 saturated carbocycles. The number of aromatic nitrogens is 1. The third kappa shape index (κ3) is 5.38. The molecule has 8 nitrogen and oxygen atoms in total. The molecule has 0 bridgehead atoms. The minimum absolute atomic E-state index is 0.0258. The smallest absolute Gasteiger partial charge is 0.410 e. The van der Waals surface area contributed by atoms with Gasteiger partial charge >= 0.3 is 11.0 Å². The van der Waals surface area contributed by atoms with Crippen molar-refractivity contribution in [2.24, 2.45) is 0 Å². The molecule has 1 aromatic heterocycles. The molecule has 3 rings (SSSR count). The number of thiazole rings is 1. The van der Waals surface area contributed by atoms with E-state index < -0.39 is 12.4 Å². The number of ether oxygens (including phenoxy) is 3. The van der Waals surface area contributed by atoms with Crippen LogP contribution in [0.15, 0.2) is 47.3 Å². The average molecular weight is 432 g/mol. The maximum absolute atomic E-state index is 12.7. The number of phenolic OH excluding ortho intramolecular Hbond substituents is 1. The summed E-state index contributed by atoms with van der Waals surface area (Å²) in [6.07, 6.45) is -0.638. The Bertz CT molecular complexity index is 1030. The standard InChI is InChI=1S/C21H24N2O6S/c1-27-17(28-2)13-29-21(26)23(12-14-6-4-3-5-7-14)11-10-15-8-9-16(24)18-19(15)30-20(25)22-18/h3-9,17,24H,10-13H2,1-2H3,(H,22,25). The Balaban J connectivity index is 1.76. The van der Waals surface area contributed by atoms with Crippen molar-refractivity contribution < 1.29 is 24.1 Å². The zero-order chi connectivity index (χ0) is 21.5. The highest BCUT2D eigenvalue weighted by Gasteiger charge is 2.19. The second-order valence-corrected chi connectivity index (χ2v) is 7.58. The van der Waals surface area contributed by atoms with Gasteiger partial charge in [0.25, 0.3) is 0 Å². The predicted octanol–water partition coefficient (Wildman–Crippen LogP) is 3.10. The number of aromatic amines is 1. The molecule has 3 aromatic rings. The van der Waals surface area contributed by atoms with Crippen LogP contribution in [0.3, 0.4) is 0 Å². The highest BCUT2D eigenvalue weighted by atomic mass is 32.1. The molecule has 1 heterocycles. The van der Waals surface area contributed by atoms with Gasteiger partial charge in [-0.25, -0.2) is 4.79 Å². The summed E-state index contributed by atoms with van der Waals surface area (Å²) < 4.78 is 16.2. The molecule has 0 spiro atoms. The second kappa shape index (κ2) is 10.2. The van der Waals surface area contributed by atoms with Crippen molar-refractivity contribution in [3.63, 3.8) is 0 Å². The summed E-state index contributed by atoms with van der Waals surface area (Å²) in [7, 11) is 2.95. The van der Waals surface area contributed by atoms with Crippen LogP contribution in [0.1, 0.15) is 11.1 Å². The Kier molecular flexibility index (Phi) is 7.45. The Hall–Kier alpha value is -2.88. The molecule has 1 amide bonds. The van der Waals surface area contributed by atoms with E-state index in [4.69, 9.17) is 14.2 Å². The normalized spacial score (nSPS) is 11.2. The molecule has 0 atom stereocenters. The van der Waals surface area contributed by atoms with Crippen LogP contribution in [0.5, 0.6) is 5.75 Å². The van der Waals surface area contributed by atoms with Gasteiger partial charge in [-0.2, -0.15) is 0 Å². The van der Waals surface area contributed by atoms with Gasteiger partial charge in [-0.15, -0.1) is 0 Å². The van der Waals surface area contributed by atoms with Crippen molar-refractivity contribution in [1.82, 2.24) is 9.88 Å². The van der Waals surface area contributed by atoms with E-state index in [1.165, 1.54) is 14.2 Å². The first-order chi connectivity index (χ1) is 14.5. The Labute approximate surface area is 177 Å². The van der Waals surface area contributed by atoms with Gasteiger partial charge in [0, 0.05) is 27.3 Å². The summed E-state index contributed by atoms with van der Waals surface area (Å²) in [6.45, 7) is 0.708. The van der Waals surface area contributed by atoms with Crippen LogP contribution in [-0.2, 0) is 27.2 Å². The molecular weight excluding hydrogens is 408 g/mol. The minimum atomic E-state index is -0.638. The number of amides is 1. The van der Waals surface area contributed by atoms with Crippen molar-refractivity contribution in [2.45, 2.75) is 19.3 Å². The average Bonchev–Trinajstić information content (AvgIpc) is 3.16. The van der Waals surface area contributed by atoms with Crippen LogP contribution < -0.4 is 4.87 Å². The molecule has 30 heavy (non-hydrogen) atoms. The number of rotatable bonds is 9. The molecule has 0 unspecified atom stereocenters. The zero-order valence-electron chi connectivity index (χ0n) is 16.8. The Morgan fingerprint density at radius 3 is 2.60 bits per heavy atom. The number of nitrogens with zero attached hydrogens (tertiary/aromatic N) is 1. The Morgan fingerprint density at radius 1 is 1.17 bits per heavy atom. The van der Waals surface area contributed by atoms with Crippen molar-refractivity contribution in [3.8, 4) is 5.75 Å². The third-order valence-corrected chi connectivity index (χ3v) is 5.59. The fourth-order valence-electron chi connectivity index (χ4n) is 3.03. The predicted molar refractivity (Wildman–Crippen MR) is 114 cm³/mol. The summed E-state index contributed by atoms with van der Waals surface area (Å²) in [5.41, 5.74) is 2.25. The van der Waals surface area contributed by atoms with Crippen molar-refractivity contribution in [3.05, 3.63) is 63.3 Å². The quantitative estimate of drug-likeness (QED) is 0.504. The van der Waals surface area contributed by atoms with Crippen molar-refractivity contribution in [2.75, 3.05) is 27.4 Å². The number of nitrogens with one attached hydrogen (secondary N) is 1. The van der Waals surface area contributed by atoms with E-state index >= 15 is 0 Å². The van der Waals surface area contributed by atoms with Crippen LogP contribution in [0.4, 0.5) is 4.79 Å². The van der Waals surface area contributed by atoms with Gasteiger partial charge < -0.3 is 29.2 Å².